The molecule has 0 aliphatic carbocycles. The van der Waals surface area contributed by atoms with Crippen LogP contribution in [0.3, 0.4) is 0 Å². The number of pyridine rings is 1. The summed E-state index contributed by atoms with van der Waals surface area (Å²) < 4.78 is 0.985. The zero-order chi connectivity index (χ0) is 13.0. The number of rotatable bonds is 3. The normalized spacial score (nSPS) is 10.1. The average Bonchev–Trinajstić information content (AvgIpc) is 2.37. The average molecular weight is 326 g/mol. The summed E-state index contributed by atoms with van der Waals surface area (Å²) in [6, 6.07) is 11.0. The smallest absolute Gasteiger partial charge is 0.270 e. The predicted octanol–water partition coefficient (Wildman–Crippen LogP) is 3.43. The van der Waals surface area contributed by atoms with Gasteiger partial charge < -0.3 is 5.32 Å². The van der Waals surface area contributed by atoms with Crippen LogP contribution in [0.4, 0.5) is 0 Å². The highest BCUT2D eigenvalue weighted by Crippen LogP contribution is 2.11. The molecule has 2 aromatic rings. The molecule has 1 aromatic heterocycles. The molecule has 0 bridgehead atoms. The Morgan fingerprint density at radius 1 is 1.33 bits per heavy atom. The summed E-state index contributed by atoms with van der Waals surface area (Å²) in [6.45, 7) is 0.461. The molecule has 92 valence electrons. The van der Waals surface area contributed by atoms with Crippen LogP contribution in [-0.4, -0.2) is 10.9 Å². The number of aromatic nitrogens is 1. The first-order valence-electron chi connectivity index (χ1n) is 5.29. The fourth-order valence-electron chi connectivity index (χ4n) is 1.43. The van der Waals surface area contributed by atoms with E-state index in [-0.39, 0.29) is 5.91 Å². The summed E-state index contributed by atoms with van der Waals surface area (Å²) in [5.74, 6) is -0.216. The van der Waals surface area contributed by atoms with Gasteiger partial charge in [-0.1, -0.05) is 39.7 Å². The van der Waals surface area contributed by atoms with Gasteiger partial charge in [0.25, 0.3) is 5.91 Å². The van der Waals surface area contributed by atoms with E-state index in [1.165, 1.54) is 6.20 Å². The molecule has 0 spiro atoms. The van der Waals surface area contributed by atoms with Gasteiger partial charge in [0.2, 0.25) is 0 Å². The molecular formula is C13H10BrClN2O. The van der Waals surface area contributed by atoms with Crippen molar-refractivity contribution >= 4 is 33.4 Å². The first-order valence-corrected chi connectivity index (χ1v) is 6.46. The summed E-state index contributed by atoms with van der Waals surface area (Å²) >= 11 is 9.09. The van der Waals surface area contributed by atoms with Gasteiger partial charge in [-0.2, -0.15) is 0 Å². The highest BCUT2D eigenvalue weighted by Gasteiger charge is 2.06. The Bertz CT molecular complexity index is 557. The molecule has 0 saturated carbocycles. The van der Waals surface area contributed by atoms with Crippen molar-refractivity contribution in [3.63, 3.8) is 0 Å². The largest absolute Gasteiger partial charge is 0.347 e. The zero-order valence-electron chi connectivity index (χ0n) is 9.36. The number of amides is 1. The van der Waals surface area contributed by atoms with Crippen LogP contribution in [0.15, 0.2) is 47.1 Å². The number of benzene rings is 1. The molecular weight excluding hydrogens is 316 g/mol. The van der Waals surface area contributed by atoms with E-state index in [0.29, 0.717) is 17.3 Å². The predicted molar refractivity (Wildman–Crippen MR) is 74.6 cm³/mol. The maximum absolute atomic E-state index is 11.8. The minimum absolute atomic E-state index is 0.216. The third kappa shape index (κ3) is 3.55. The monoisotopic (exact) mass is 324 g/mol. The molecule has 1 aromatic carbocycles. The number of halogens is 2. The van der Waals surface area contributed by atoms with Crippen molar-refractivity contribution in [1.82, 2.24) is 10.3 Å². The maximum atomic E-state index is 11.8. The van der Waals surface area contributed by atoms with Gasteiger partial charge in [0.15, 0.2) is 0 Å². The molecule has 0 fully saturated rings. The highest BCUT2D eigenvalue weighted by atomic mass is 79.9. The van der Waals surface area contributed by atoms with Crippen molar-refractivity contribution < 1.29 is 4.79 Å². The Morgan fingerprint density at radius 3 is 2.83 bits per heavy atom. The van der Waals surface area contributed by atoms with E-state index in [4.69, 9.17) is 11.6 Å². The molecule has 2 rings (SSSR count). The van der Waals surface area contributed by atoms with Gasteiger partial charge in [0.1, 0.15) is 5.69 Å². The van der Waals surface area contributed by atoms with Gasteiger partial charge in [-0.25, -0.2) is 4.98 Å². The lowest BCUT2D eigenvalue weighted by molar-refractivity contribution is 0.0946. The minimum atomic E-state index is -0.216. The van der Waals surface area contributed by atoms with E-state index in [1.54, 1.807) is 12.1 Å². The van der Waals surface area contributed by atoms with Crippen molar-refractivity contribution in [2.24, 2.45) is 0 Å². The van der Waals surface area contributed by atoms with Crippen LogP contribution in [0.5, 0.6) is 0 Å². The lowest BCUT2D eigenvalue weighted by atomic mass is 10.2. The lowest BCUT2D eigenvalue weighted by Gasteiger charge is -2.05. The molecule has 0 aliphatic heterocycles. The summed E-state index contributed by atoms with van der Waals surface area (Å²) in [4.78, 5) is 15.7. The molecule has 18 heavy (non-hydrogen) atoms. The molecule has 1 N–H and O–H groups in total. The van der Waals surface area contributed by atoms with Gasteiger partial charge in [-0.15, -0.1) is 0 Å². The Morgan fingerprint density at radius 2 is 2.17 bits per heavy atom. The summed E-state index contributed by atoms with van der Waals surface area (Å²) in [5.41, 5.74) is 1.38. The maximum Gasteiger partial charge on any atom is 0.270 e. The number of nitrogens with zero attached hydrogens (tertiary/aromatic N) is 1. The van der Waals surface area contributed by atoms with Crippen molar-refractivity contribution in [2.45, 2.75) is 6.54 Å². The topological polar surface area (TPSA) is 42.0 Å². The third-order valence-corrected chi connectivity index (χ3v) is 3.02. The quantitative estimate of drug-likeness (QED) is 0.939. The van der Waals surface area contributed by atoms with Crippen LogP contribution in [0.2, 0.25) is 5.02 Å². The summed E-state index contributed by atoms with van der Waals surface area (Å²) in [7, 11) is 0. The molecule has 1 amide bonds. The second-order valence-electron chi connectivity index (χ2n) is 3.67. The van der Waals surface area contributed by atoms with E-state index < -0.39 is 0 Å². The van der Waals surface area contributed by atoms with Crippen LogP contribution in [0.1, 0.15) is 16.1 Å². The molecule has 3 nitrogen and oxygen atoms in total. The van der Waals surface area contributed by atoms with Gasteiger partial charge in [0.05, 0.1) is 5.02 Å². The molecule has 1 heterocycles. The van der Waals surface area contributed by atoms with E-state index in [0.717, 1.165) is 10.0 Å². The molecule has 0 atom stereocenters. The van der Waals surface area contributed by atoms with Gasteiger partial charge in [-0.05, 0) is 29.8 Å². The Balaban J connectivity index is 1.98. The van der Waals surface area contributed by atoms with Crippen LogP contribution >= 0.6 is 27.5 Å². The van der Waals surface area contributed by atoms with E-state index >= 15 is 0 Å². The van der Waals surface area contributed by atoms with Gasteiger partial charge in [-0.3, -0.25) is 4.79 Å². The number of hydrogen-bond donors (Lipinski definition) is 1. The van der Waals surface area contributed by atoms with Crippen LogP contribution in [0.25, 0.3) is 0 Å². The molecule has 0 aliphatic rings. The van der Waals surface area contributed by atoms with Gasteiger partial charge in [0, 0.05) is 17.2 Å². The fraction of sp³-hybridized carbons (Fsp3) is 0.0769. The fourth-order valence-corrected chi connectivity index (χ4v) is 1.99. The standard InChI is InChI=1S/C13H10BrClN2O/c14-10-3-1-2-9(6-10)7-17-13(18)12-5-4-11(15)8-16-12/h1-6,8H,7H2,(H,17,18). The Labute approximate surface area is 118 Å². The second kappa shape index (κ2) is 5.98. The first kappa shape index (κ1) is 13.1. The molecule has 0 unspecified atom stereocenters. The highest BCUT2D eigenvalue weighted by molar-refractivity contribution is 9.10. The molecule has 0 saturated heterocycles. The zero-order valence-corrected chi connectivity index (χ0v) is 11.7. The number of hydrogen-bond acceptors (Lipinski definition) is 2. The van der Waals surface area contributed by atoms with Crippen molar-refractivity contribution in [2.75, 3.05) is 0 Å². The Hall–Kier alpha value is -1.39. The number of nitrogens with one attached hydrogen (secondary N) is 1. The van der Waals surface area contributed by atoms with Crippen molar-refractivity contribution in [3.05, 3.63) is 63.3 Å². The van der Waals surface area contributed by atoms with E-state index in [9.17, 15) is 4.79 Å². The Kier molecular flexibility index (Phi) is 4.33. The molecule has 5 heteroatoms. The SMILES string of the molecule is O=C(NCc1cccc(Br)c1)c1ccc(Cl)cn1. The lowest BCUT2D eigenvalue weighted by Crippen LogP contribution is -2.23. The summed E-state index contributed by atoms with van der Waals surface area (Å²) in [6.07, 6.45) is 1.45. The van der Waals surface area contributed by atoms with E-state index in [2.05, 4.69) is 26.2 Å². The molecule has 0 radical (unpaired) electrons. The second-order valence-corrected chi connectivity index (χ2v) is 5.03. The van der Waals surface area contributed by atoms with Crippen LogP contribution in [0, 0.1) is 0 Å². The van der Waals surface area contributed by atoms with Crippen molar-refractivity contribution in [3.8, 4) is 0 Å². The van der Waals surface area contributed by atoms with Crippen LogP contribution in [-0.2, 0) is 6.54 Å². The van der Waals surface area contributed by atoms with E-state index in [1.807, 2.05) is 24.3 Å². The first-order chi connectivity index (χ1) is 8.65. The minimum Gasteiger partial charge on any atom is -0.347 e. The van der Waals surface area contributed by atoms with Crippen molar-refractivity contribution in [1.29, 1.82) is 0 Å². The van der Waals surface area contributed by atoms with Crippen LogP contribution < -0.4 is 5.32 Å². The van der Waals surface area contributed by atoms with Gasteiger partial charge >= 0.3 is 0 Å². The number of carbonyl (C=O) groups is 1. The number of carbonyl (C=O) groups excluding carboxylic acids is 1. The summed E-state index contributed by atoms with van der Waals surface area (Å²) in [5, 5.41) is 3.31. The third-order valence-electron chi connectivity index (χ3n) is 2.30.